The molecule has 1 saturated heterocycles. The summed E-state index contributed by atoms with van der Waals surface area (Å²) in [5.41, 5.74) is 1.80. The number of hydrogen-bond acceptors (Lipinski definition) is 4. The maximum atomic E-state index is 12.8. The number of aliphatic imine (C=N–C) groups is 1. The third kappa shape index (κ3) is 4.75. The molecule has 0 unspecified atom stereocenters. The first-order valence-electron chi connectivity index (χ1n) is 10.1. The van der Waals surface area contributed by atoms with Crippen molar-refractivity contribution in [2.24, 2.45) is 4.99 Å². The highest BCUT2D eigenvalue weighted by atomic mass is 16.2. The number of carbonyl (C=O) groups excluding carboxylic acids is 1. The van der Waals surface area contributed by atoms with Crippen LogP contribution in [0.2, 0.25) is 0 Å². The van der Waals surface area contributed by atoms with Crippen molar-refractivity contribution in [3.05, 3.63) is 42.5 Å². The normalized spacial score (nSPS) is 17.2. The zero-order valence-corrected chi connectivity index (χ0v) is 18.0. The van der Waals surface area contributed by atoms with Gasteiger partial charge in [0.2, 0.25) is 5.91 Å². The molecular weight excluding hydrogens is 366 g/mol. The average molecular weight is 398 g/mol. The van der Waals surface area contributed by atoms with Gasteiger partial charge in [0.05, 0.1) is 24.3 Å². The predicted molar refractivity (Wildman–Crippen MR) is 114 cm³/mol. The monoisotopic (exact) mass is 397 g/mol. The summed E-state index contributed by atoms with van der Waals surface area (Å²) < 4.78 is 1.72. The number of carbonyl (C=O) groups is 1. The minimum atomic E-state index is -0.251. The molecule has 0 aliphatic carbocycles. The number of amides is 1. The quantitative estimate of drug-likeness (QED) is 0.617. The van der Waals surface area contributed by atoms with Gasteiger partial charge in [0.15, 0.2) is 5.96 Å². The molecule has 0 radical (unpaired) electrons. The first kappa shape index (κ1) is 20.8. The van der Waals surface area contributed by atoms with Crippen molar-refractivity contribution >= 4 is 11.9 Å². The molecule has 1 fully saturated rings. The maximum Gasteiger partial charge on any atom is 0.242 e. The molecule has 1 aromatic carbocycles. The van der Waals surface area contributed by atoms with Crippen molar-refractivity contribution in [3.63, 3.8) is 0 Å². The van der Waals surface area contributed by atoms with Crippen LogP contribution in [0.15, 0.2) is 41.9 Å². The van der Waals surface area contributed by atoms with Crippen LogP contribution in [-0.4, -0.2) is 67.6 Å². The summed E-state index contributed by atoms with van der Waals surface area (Å²) >= 11 is 0. The molecular formula is C21H31N7O. The number of nitrogens with zero attached hydrogens (tertiary/aromatic N) is 6. The Hall–Kier alpha value is -2.90. The van der Waals surface area contributed by atoms with Crippen molar-refractivity contribution in [1.29, 1.82) is 0 Å². The number of rotatable bonds is 5. The number of hydrogen-bond donors (Lipinski definition) is 1. The molecule has 0 bridgehead atoms. The van der Waals surface area contributed by atoms with E-state index >= 15 is 0 Å². The highest BCUT2D eigenvalue weighted by Crippen LogP contribution is 2.24. The fraction of sp³-hybridized carbons (Fsp3) is 0.524. The molecule has 8 nitrogen and oxygen atoms in total. The molecule has 1 aliphatic rings. The van der Waals surface area contributed by atoms with Crippen molar-refractivity contribution in [2.75, 3.05) is 19.6 Å². The summed E-state index contributed by atoms with van der Waals surface area (Å²) in [5.74, 6) is 0.914. The number of guanidine groups is 1. The lowest BCUT2D eigenvalue weighted by atomic mass is 9.96. The smallest absolute Gasteiger partial charge is 0.242 e. The molecule has 1 amide bonds. The van der Waals surface area contributed by atoms with Gasteiger partial charge in [-0.1, -0.05) is 12.1 Å². The van der Waals surface area contributed by atoms with E-state index in [0.717, 1.165) is 30.3 Å². The van der Waals surface area contributed by atoms with Gasteiger partial charge < -0.3 is 15.1 Å². The molecule has 1 N–H and O–H groups in total. The summed E-state index contributed by atoms with van der Waals surface area (Å²) in [4.78, 5) is 25.6. The maximum absolute atomic E-state index is 12.8. The van der Waals surface area contributed by atoms with Crippen molar-refractivity contribution in [3.8, 4) is 5.69 Å². The highest BCUT2D eigenvalue weighted by Gasteiger charge is 2.40. The average Bonchev–Trinajstić information content (AvgIpc) is 3.18. The van der Waals surface area contributed by atoms with Gasteiger partial charge in [0.25, 0.3) is 0 Å². The Morgan fingerprint density at radius 1 is 1.28 bits per heavy atom. The Balaban J connectivity index is 1.74. The molecule has 0 saturated carbocycles. The van der Waals surface area contributed by atoms with E-state index in [1.54, 1.807) is 11.0 Å². The van der Waals surface area contributed by atoms with E-state index < -0.39 is 0 Å². The third-order valence-electron chi connectivity index (χ3n) is 5.01. The first-order valence-corrected chi connectivity index (χ1v) is 10.1. The fourth-order valence-corrected chi connectivity index (χ4v) is 4.00. The SMILES string of the molecule is CCNC(=NCc1ccc(-n2cncn2)cc1)N1CC(=O)N(C(C)C)C(C)(C)C1. The summed E-state index contributed by atoms with van der Waals surface area (Å²) in [7, 11) is 0. The molecule has 2 aromatic rings. The van der Waals surface area contributed by atoms with Gasteiger partial charge in [-0.25, -0.2) is 14.7 Å². The van der Waals surface area contributed by atoms with E-state index in [4.69, 9.17) is 4.99 Å². The Kier molecular flexibility index (Phi) is 6.20. The van der Waals surface area contributed by atoms with Gasteiger partial charge in [-0.2, -0.15) is 5.10 Å². The van der Waals surface area contributed by atoms with Crippen LogP contribution in [0.25, 0.3) is 5.69 Å². The van der Waals surface area contributed by atoms with Gasteiger partial charge in [0, 0.05) is 19.1 Å². The second-order valence-corrected chi connectivity index (χ2v) is 8.20. The van der Waals surface area contributed by atoms with Crippen LogP contribution in [0, 0.1) is 0 Å². The minimum absolute atomic E-state index is 0.138. The number of benzene rings is 1. The Morgan fingerprint density at radius 2 is 2.00 bits per heavy atom. The van der Waals surface area contributed by atoms with Crippen molar-refractivity contribution in [2.45, 2.75) is 52.7 Å². The summed E-state index contributed by atoms with van der Waals surface area (Å²) in [6.07, 6.45) is 3.19. The van der Waals surface area contributed by atoms with E-state index in [1.807, 2.05) is 36.1 Å². The fourth-order valence-electron chi connectivity index (χ4n) is 4.00. The standard InChI is InChI=1S/C21H31N7O/c1-6-23-20(26-12-19(29)28(16(2)3)21(4,5)13-26)24-11-17-7-9-18(10-8-17)27-15-22-14-25-27/h7-10,14-16H,6,11-13H2,1-5H3,(H,23,24). The summed E-state index contributed by atoms with van der Waals surface area (Å²) in [6.45, 7) is 12.8. The molecule has 1 aromatic heterocycles. The zero-order chi connectivity index (χ0) is 21.0. The molecule has 29 heavy (non-hydrogen) atoms. The molecule has 8 heteroatoms. The highest BCUT2D eigenvalue weighted by molar-refractivity contribution is 5.88. The molecule has 3 rings (SSSR count). The Morgan fingerprint density at radius 3 is 2.55 bits per heavy atom. The third-order valence-corrected chi connectivity index (χ3v) is 5.01. The van der Waals surface area contributed by atoms with E-state index in [9.17, 15) is 4.79 Å². The van der Waals surface area contributed by atoms with E-state index in [1.165, 1.54) is 6.33 Å². The van der Waals surface area contributed by atoms with Gasteiger partial charge in [-0.05, 0) is 52.3 Å². The van der Waals surface area contributed by atoms with Gasteiger partial charge >= 0.3 is 0 Å². The number of nitrogens with one attached hydrogen (secondary N) is 1. The zero-order valence-electron chi connectivity index (χ0n) is 18.0. The van der Waals surface area contributed by atoms with Crippen LogP contribution >= 0.6 is 0 Å². The minimum Gasteiger partial charge on any atom is -0.356 e. The molecule has 156 valence electrons. The van der Waals surface area contributed by atoms with Gasteiger partial charge in [-0.15, -0.1) is 0 Å². The van der Waals surface area contributed by atoms with Crippen LogP contribution in [0.1, 0.15) is 40.2 Å². The molecule has 1 aliphatic heterocycles. The largest absolute Gasteiger partial charge is 0.356 e. The van der Waals surface area contributed by atoms with Crippen LogP contribution < -0.4 is 5.32 Å². The lowest BCUT2D eigenvalue weighted by molar-refractivity contribution is -0.145. The lowest BCUT2D eigenvalue weighted by Crippen LogP contribution is -2.66. The second kappa shape index (κ2) is 8.63. The van der Waals surface area contributed by atoms with Gasteiger partial charge in [0.1, 0.15) is 12.7 Å². The number of aromatic nitrogens is 3. The molecule has 0 spiro atoms. The topological polar surface area (TPSA) is 78.6 Å². The van der Waals surface area contributed by atoms with Crippen LogP contribution in [0.5, 0.6) is 0 Å². The van der Waals surface area contributed by atoms with Crippen LogP contribution in [0.4, 0.5) is 0 Å². The molecule has 0 atom stereocenters. The summed E-state index contributed by atoms with van der Waals surface area (Å²) in [5, 5.41) is 7.48. The van der Waals surface area contributed by atoms with E-state index in [2.05, 4.69) is 48.0 Å². The van der Waals surface area contributed by atoms with E-state index in [0.29, 0.717) is 13.1 Å². The number of piperazine rings is 1. The Bertz CT molecular complexity index is 840. The second-order valence-electron chi connectivity index (χ2n) is 8.20. The molecule has 2 heterocycles. The van der Waals surface area contributed by atoms with Crippen molar-refractivity contribution < 1.29 is 4.79 Å². The van der Waals surface area contributed by atoms with E-state index in [-0.39, 0.29) is 17.5 Å². The van der Waals surface area contributed by atoms with Gasteiger partial charge in [-0.3, -0.25) is 4.79 Å². The predicted octanol–water partition coefficient (Wildman–Crippen LogP) is 2.06. The lowest BCUT2D eigenvalue weighted by Gasteiger charge is -2.49. The summed E-state index contributed by atoms with van der Waals surface area (Å²) in [6, 6.07) is 8.26. The van der Waals surface area contributed by atoms with Crippen LogP contribution in [0.3, 0.4) is 0 Å². The van der Waals surface area contributed by atoms with Crippen LogP contribution in [-0.2, 0) is 11.3 Å². The Labute approximate surface area is 172 Å². The van der Waals surface area contributed by atoms with Crippen molar-refractivity contribution in [1.82, 2.24) is 29.9 Å². The first-order chi connectivity index (χ1) is 13.8.